The Kier molecular flexibility index (Phi) is 4.83. The number of benzene rings is 2. The van der Waals surface area contributed by atoms with Gasteiger partial charge in [-0.1, -0.05) is 42.5 Å². The standard InChI is InChI=1S/C24H24N4O2/c29-22-14-18-6-1-3-8-20(18)23(27(22)16-17-10-11-17)24(30)25-15-19-7-2-4-9-21(19)28-13-5-12-26-28/h1-9,12-13,17,23H,10-11,14-16H2,(H,25,30)/t23-/m0/s1. The van der Waals surface area contributed by atoms with Gasteiger partial charge in [-0.25, -0.2) is 4.68 Å². The summed E-state index contributed by atoms with van der Waals surface area (Å²) in [6.07, 6.45) is 6.26. The predicted octanol–water partition coefficient (Wildman–Crippen LogP) is 3.02. The Morgan fingerprint density at radius 1 is 1.07 bits per heavy atom. The summed E-state index contributed by atoms with van der Waals surface area (Å²) in [5.74, 6) is 0.430. The largest absolute Gasteiger partial charge is 0.350 e. The van der Waals surface area contributed by atoms with E-state index in [9.17, 15) is 9.59 Å². The van der Waals surface area contributed by atoms with Gasteiger partial charge in [0.25, 0.3) is 0 Å². The third-order valence-corrected chi connectivity index (χ3v) is 5.92. The quantitative estimate of drug-likeness (QED) is 0.692. The van der Waals surface area contributed by atoms with E-state index in [1.54, 1.807) is 15.8 Å². The van der Waals surface area contributed by atoms with Crippen molar-refractivity contribution in [2.75, 3.05) is 6.54 Å². The summed E-state index contributed by atoms with van der Waals surface area (Å²) in [5, 5.41) is 7.39. The maximum atomic E-state index is 13.4. The van der Waals surface area contributed by atoms with Crippen LogP contribution in [0.25, 0.3) is 5.69 Å². The van der Waals surface area contributed by atoms with E-state index in [1.165, 1.54) is 0 Å². The molecule has 6 heteroatoms. The number of fused-ring (bicyclic) bond motifs is 1. The number of amides is 2. The minimum atomic E-state index is -0.570. The number of para-hydroxylation sites is 1. The summed E-state index contributed by atoms with van der Waals surface area (Å²) in [6, 6.07) is 17.0. The van der Waals surface area contributed by atoms with Gasteiger partial charge in [0.1, 0.15) is 6.04 Å². The molecule has 0 saturated heterocycles. The number of rotatable bonds is 6. The van der Waals surface area contributed by atoms with E-state index in [0.717, 1.165) is 35.2 Å². The molecule has 6 nitrogen and oxygen atoms in total. The fourth-order valence-electron chi connectivity index (χ4n) is 4.18. The topological polar surface area (TPSA) is 67.2 Å². The second-order valence-electron chi connectivity index (χ2n) is 8.06. The Morgan fingerprint density at radius 2 is 1.87 bits per heavy atom. The molecular formula is C24H24N4O2. The average Bonchev–Trinajstić information content (AvgIpc) is 3.42. The minimum Gasteiger partial charge on any atom is -0.350 e. The second-order valence-corrected chi connectivity index (χ2v) is 8.06. The average molecular weight is 400 g/mol. The molecule has 1 atom stereocenters. The Morgan fingerprint density at radius 3 is 2.67 bits per heavy atom. The van der Waals surface area contributed by atoms with Crippen LogP contribution >= 0.6 is 0 Å². The van der Waals surface area contributed by atoms with Gasteiger partial charge in [0.05, 0.1) is 12.1 Å². The Labute approximate surface area is 175 Å². The van der Waals surface area contributed by atoms with Crippen molar-refractivity contribution >= 4 is 11.8 Å². The number of carbonyl (C=O) groups excluding carboxylic acids is 2. The van der Waals surface area contributed by atoms with Crippen molar-refractivity contribution in [1.29, 1.82) is 0 Å². The maximum Gasteiger partial charge on any atom is 0.247 e. The van der Waals surface area contributed by atoms with E-state index in [0.29, 0.717) is 25.4 Å². The number of carbonyl (C=O) groups is 2. The van der Waals surface area contributed by atoms with Gasteiger partial charge in [-0.2, -0.15) is 5.10 Å². The lowest BCUT2D eigenvalue weighted by atomic mass is 9.91. The van der Waals surface area contributed by atoms with Gasteiger partial charge in [0.2, 0.25) is 11.8 Å². The highest BCUT2D eigenvalue weighted by Gasteiger charge is 2.39. The molecule has 1 aliphatic carbocycles. The van der Waals surface area contributed by atoms with Crippen molar-refractivity contribution in [2.45, 2.75) is 31.8 Å². The van der Waals surface area contributed by atoms with E-state index in [-0.39, 0.29) is 11.8 Å². The lowest BCUT2D eigenvalue weighted by Crippen LogP contribution is -2.48. The van der Waals surface area contributed by atoms with Crippen LogP contribution in [0.4, 0.5) is 0 Å². The van der Waals surface area contributed by atoms with Crippen molar-refractivity contribution in [3.63, 3.8) is 0 Å². The number of nitrogens with one attached hydrogen (secondary N) is 1. The van der Waals surface area contributed by atoms with Gasteiger partial charge < -0.3 is 10.2 Å². The number of hydrogen-bond acceptors (Lipinski definition) is 3. The van der Waals surface area contributed by atoms with E-state index < -0.39 is 6.04 Å². The summed E-state index contributed by atoms with van der Waals surface area (Å²) < 4.78 is 1.79. The van der Waals surface area contributed by atoms with Crippen LogP contribution in [-0.4, -0.2) is 33.0 Å². The molecule has 2 aliphatic rings. The molecular weight excluding hydrogens is 376 g/mol. The molecule has 1 fully saturated rings. The number of nitrogens with zero attached hydrogens (tertiary/aromatic N) is 3. The van der Waals surface area contributed by atoms with Crippen LogP contribution in [0.2, 0.25) is 0 Å². The normalized spacial score (nSPS) is 18.2. The summed E-state index contributed by atoms with van der Waals surface area (Å²) in [7, 11) is 0. The van der Waals surface area contributed by atoms with Gasteiger partial charge in [0, 0.05) is 25.5 Å². The first-order chi connectivity index (χ1) is 14.7. The van der Waals surface area contributed by atoms with Crippen molar-refractivity contribution in [3.8, 4) is 5.69 Å². The molecule has 2 amide bonds. The minimum absolute atomic E-state index is 0.0395. The molecule has 5 rings (SSSR count). The SMILES string of the molecule is O=C(NCc1ccccc1-n1cccn1)[C@@H]1c2ccccc2CC(=O)N1CC1CC1. The van der Waals surface area contributed by atoms with E-state index in [1.807, 2.05) is 60.8 Å². The summed E-state index contributed by atoms with van der Waals surface area (Å²) in [5.41, 5.74) is 3.79. The van der Waals surface area contributed by atoms with Crippen LogP contribution < -0.4 is 5.32 Å². The molecule has 0 unspecified atom stereocenters. The first kappa shape index (κ1) is 18.6. The lowest BCUT2D eigenvalue weighted by Gasteiger charge is -2.36. The molecule has 30 heavy (non-hydrogen) atoms. The molecule has 3 aromatic rings. The third kappa shape index (κ3) is 3.61. The van der Waals surface area contributed by atoms with Gasteiger partial charge in [0.15, 0.2) is 0 Å². The monoisotopic (exact) mass is 400 g/mol. The predicted molar refractivity (Wildman–Crippen MR) is 113 cm³/mol. The van der Waals surface area contributed by atoms with Crippen LogP contribution in [0, 0.1) is 5.92 Å². The molecule has 0 bridgehead atoms. The summed E-state index contributed by atoms with van der Waals surface area (Å²) in [6.45, 7) is 1.04. The fraction of sp³-hybridized carbons (Fsp3) is 0.292. The van der Waals surface area contributed by atoms with Crippen LogP contribution in [0.3, 0.4) is 0 Å². The molecule has 1 aliphatic heterocycles. The van der Waals surface area contributed by atoms with Gasteiger partial charge in [-0.05, 0) is 47.6 Å². The summed E-state index contributed by atoms with van der Waals surface area (Å²) in [4.78, 5) is 28.0. The smallest absolute Gasteiger partial charge is 0.247 e. The van der Waals surface area contributed by atoms with Crippen LogP contribution in [0.1, 0.15) is 35.6 Å². The van der Waals surface area contributed by atoms with Crippen LogP contribution in [0.5, 0.6) is 0 Å². The van der Waals surface area contributed by atoms with Gasteiger partial charge >= 0.3 is 0 Å². The highest BCUT2D eigenvalue weighted by atomic mass is 16.2. The Hall–Kier alpha value is -3.41. The number of aromatic nitrogens is 2. The lowest BCUT2D eigenvalue weighted by molar-refractivity contribution is -0.142. The van der Waals surface area contributed by atoms with E-state index in [2.05, 4.69) is 10.4 Å². The van der Waals surface area contributed by atoms with E-state index in [4.69, 9.17) is 0 Å². The van der Waals surface area contributed by atoms with Crippen molar-refractivity contribution < 1.29 is 9.59 Å². The van der Waals surface area contributed by atoms with E-state index >= 15 is 0 Å². The molecule has 152 valence electrons. The first-order valence-corrected chi connectivity index (χ1v) is 10.4. The molecule has 1 N–H and O–H groups in total. The zero-order valence-corrected chi connectivity index (χ0v) is 16.7. The molecule has 1 aromatic heterocycles. The molecule has 2 aromatic carbocycles. The first-order valence-electron chi connectivity index (χ1n) is 10.4. The van der Waals surface area contributed by atoms with Gasteiger partial charge in [-0.15, -0.1) is 0 Å². The zero-order valence-electron chi connectivity index (χ0n) is 16.7. The number of hydrogen-bond donors (Lipinski definition) is 1. The van der Waals surface area contributed by atoms with Crippen molar-refractivity contribution in [2.24, 2.45) is 5.92 Å². The zero-order chi connectivity index (χ0) is 20.5. The van der Waals surface area contributed by atoms with Gasteiger partial charge in [-0.3, -0.25) is 9.59 Å². The Bertz CT molecular complexity index is 1070. The highest BCUT2D eigenvalue weighted by Crippen LogP contribution is 2.36. The van der Waals surface area contributed by atoms with Crippen molar-refractivity contribution in [1.82, 2.24) is 20.0 Å². The highest BCUT2D eigenvalue weighted by molar-refractivity contribution is 5.92. The molecule has 0 radical (unpaired) electrons. The molecule has 1 saturated carbocycles. The maximum absolute atomic E-state index is 13.4. The second kappa shape index (κ2) is 7.78. The molecule has 0 spiro atoms. The fourth-order valence-corrected chi connectivity index (χ4v) is 4.18. The Balaban J connectivity index is 1.40. The van der Waals surface area contributed by atoms with Crippen molar-refractivity contribution in [3.05, 3.63) is 83.7 Å². The van der Waals surface area contributed by atoms with Crippen LogP contribution in [-0.2, 0) is 22.6 Å². The summed E-state index contributed by atoms with van der Waals surface area (Å²) >= 11 is 0. The van der Waals surface area contributed by atoms with Crippen LogP contribution in [0.15, 0.2) is 67.0 Å². The molecule has 2 heterocycles. The third-order valence-electron chi connectivity index (χ3n) is 5.92.